The Hall–Kier alpha value is -1.41. The molecule has 0 aliphatic heterocycles. The van der Waals surface area contributed by atoms with E-state index in [1.165, 1.54) is 23.8 Å². The smallest absolute Gasteiger partial charge is 0.0704 e. The molecule has 21 heavy (non-hydrogen) atoms. The molecule has 1 aliphatic rings. The maximum absolute atomic E-state index is 6.72. The highest BCUT2D eigenvalue weighted by Gasteiger charge is 2.33. The zero-order valence-electron chi connectivity index (χ0n) is 13.2. The van der Waals surface area contributed by atoms with Gasteiger partial charge in [-0.05, 0) is 61.6 Å². The highest BCUT2D eigenvalue weighted by Crippen LogP contribution is 2.37. The van der Waals surface area contributed by atoms with E-state index < -0.39 is 0 Å². The van der Waals surface area contributed by atoms with Crippen molar-refractivity contribution in [2.24, 2.45) is 17.6 Å². The molecule has 2 aromatic rings. The van der Waals surface area contributed by atoms with Crippen LogP contribution in [0.3, 0.4) is 0 Å². The first-order valence-corrected chi connectivity index (χ1v) is 8.19. The Morgan fingerprint density at radius 2 is 1.90 bits per heavy atom. The number of hydrogen-bond donors (Lipinski definition) is 1. The molecule has 1 aromatic heterocycles. The molecule has 0 spiro atoms. The standard InChI is InChI=1S/C19H26N2/c1-14(2)15-7-10-19(20,11-8-15)13-16-9-12-21-18-6-4-3-5-17(16)18/h3-6,9,12,14-15H,7-8,10-11,13,20H2,1-2H3. The SMILES string of the molecule is CC(C)C1CCC(N)(Cc2ccnc3ccccc23)CC1. The van der Waals surface area contributed by atoms with Crippen LogP contribution in [0, 0.1) is 11.8 Å². The fourth-order valence-electron chi connectivity index (χ4n) is 3.75. The molecule has 1 aliphatic carbocycles. The molecule has 2 heteroatoms. The third-order valence-electron chi connectivity index (χ3n) is 5.25. The van der Waals surface area contributed by atoms with E-state index in [4.69, 9.17) is 5.73 Å². The van der Waals surface area contributed by atoms with Gasteiger partial charge >= 0.3 is 0 Å². The molecule has 1 saturated carbocycles. The number of rotatable bonds is 3. The van der Waals surface area contributed by atoms with Gasteiger partial charge in [-0.3, -0.25) is 4.98 Å². The minimum Gasteiger partial charge on any atom is -0.325 e. The minimum absolute atomic E-state index is 0.0322. The average Bonchev–Trinajstić information content (AvgIpc) is 2.48. The van der Waals surface area contributed by atoms with Crippen LogP contribution in [0.4, 0.5) is 0 Å². The third-order valence-corrected chi connectivity index (χ3v) is 5.25. The zero-order chi connectivity index (χ0) is 14.9. The van der Waals surface area contributed by atoms with Crippen molar-refractivity contribution in [1.82, 2.24) is 4.98 Å². The maximum Gasteiger partial charge on any atom is 0.0704 e. The summed E-state index contributed by atoms with van der Waals surface area (Å²) in [6, 6.07) is 10.5. The van der Waals surface area contributed by atoms with Crippen LogP contribution in [0.2, 0.25) is 0 Å². The lowest BCUT2D eigenvalue weighted by molar-refractivity contribution is 0.195. The second-order valence-corrected chi connectivity index (χ2v) is 7.11. The van der Waals surface area contributed by atoms with E-state index in [2.05, 4.69) is 43.1 Å². The summed E-state index contributed by atoms with van der Waals surface area (Å²) in [6.45, 7) is 4.68. The van der Waals surface area contributed by atoms with E-state index in [-0.39, 0.29) is 5.54 Å². The molecule has 0 saturated heterocycles. The number of nitrogens with zero attached hydrogens (tertiary/aromatic N) is 1. The Kier molecular flexibility index (Phi) is 3.99. The quantitative estimate of drug-likeness (QED) is 0.910. The van der Waals surface area contributed by atoms with E-state index >= 15 is 0 Å². The molecular formula is C19H26N2. The number of nitrogens with two attached hydrogens (primary N) is 1. The predicted molar refractivity (Wildman–Crippen MR) is 89.2 cm³/mol. The summed E-state index contributed by atoms with van der Waals surface area (Å²) in [5.41, 5.74) is 9.12. The molecule has 2 N–H and O–H groups in total. The summed E-state index contributed by atoms with van der Waals surface area (Å²) >= 11 is 0. The fraction of sp³-hybridized carbons (Fsp3) is 0.526. The van der Waals surface area contributed by atoms with E-state index in [1.807, 2.05) is 12.3 Å². The average molecular weight is 282 g/mol. The Bertz CT molecular complexity index is 604. The van der Waals surface area contributed by atoms with Crippen molar-refractivity contribution in [3.8, 4) is 0 Å². The van der Waals surface area contributed by atoms with Gasteiger partial charge in [-0.15, -0.1) is 0 Å². The van der Waals surface area contributed by atoms with Gasteiger partial charge in [0.05, 0.1) is 5.52 Å². The van der Waals surface area contributed by atoms with Gasteiger partial charge in [-0.2, -0.15) is 0 Å². The Balaban J connectivity index is 1.79. The van der Waals surface area contributed by atoms with Crippen molar-refractivity contribution >= 4 is 10.9 Å². The summed E-state index contributed by atoms with van der Waals surface area (Å²) in [4.78, 5) is 4.45. The summed E-state index contributed by atoms with van der Waals surface area (Å²) < 4.78 is 0. The van der Waals surface area contributed by atoms with Gasteiger partial charge in [0.15, 0.2) is 0 Å². The molecule has 112 valence electrons. The molecule has 0 atom stereocenters. The number of pyridine rings is 1. The van der Waals surface area contributed by atoms with Crippen molar-refractivity contribution in [3.63, 3.8) is 0 Å². The van der Waals surface area contributed by atoms with Crippen LogP contribution in [0.5, 0.6) is 0 Å². The van der Waals surface area contributed by atoms with E-state index in [9.17, 15) is 0 Å². The lowest BCUT2D eigenvalue weighted by Crippen LogP contribution is -2.45. The number of benzene rings is 1. The van der Waals surface area contributed by atoms with Crippen molar-refractivity contribution in [2.75, 3.05) is 0 Å². The van der Waals surface area contributed by atoms with Crippen molar-refractivity contribution in [3.05, 3.63) is 42.1 Å². The Morgan fingerprint density at radius 1 is 1.19 bits per heavy atom. The fourth-order valence-corrected chi connectivity index (χ4v) is 3.75. The molecule has 1 fully saturated rings. The number of fused-ring (bicyclic) bond motifs is 1. The van der Waals surface area contributed by atoms with Gasteiger partial charge in [0.25, 0.3) is 0 Å². The van der Waals surface area contributed by atoms with Gasteiger partial charge < -0.3 is 5.73 Å². The summed E-state index contributed by atoms with van der Waals surface area (Å²) in [6.07, 6.45) is 7.73. The maximum atomic E-state index is 6.72. The van der Waals surface area contributed by atoms with Crippen LogP contribution in [0.25, 0.3) is 10.9 Å². The predicted octanol–water partition coefficient (Wildman–Crippen LogP) is 4.32. The first-order chi connectivity index (χ1) is 10.1. The van der Waals surface area contributed by atoms with Crippen LogP contribution in [-0.4, -0.2) is 10.5 Å². The van der Waals surface area contributed by atoms with Gasteiger partial charge in [0.2, 0.25) is 0 Å². The van der Waals surface area contributed by atoms with Gasteiger partial charge in [-0.1, -0.05) is 32.0 Å². The van der Waals surface area contributed by atoms with Crippen LogP contribution >= 0.6 is 0 Å². The van der Waals surface area contributed by atoms with Crippen molar-refractivity contribution in [1.29, 1.82) is 0 Å². The van der Waals surface area contributed by atoms with Crippen molar-refractivity contribution in [2.45, 2.75) is 51.5 Å². The second kappa shape index (κ2) is 5.76. The highest BCUT2D eigenvalue weighted by molar-refractivity contribution is 5.81. The summed E-state index contributed by atoms with van der Waals surface area (Å²) in [5.74, 6) is 1.65. The Morgan fingerprint density at radius 3 is 2.62 bits per heavy atom. The van der Waals surface area contributed by atoms with Crippen LogP contribution in [-0.2, 0) is 6.42 Å². The molecule has 0 bridgehead atoms. The zero-order valence-corrected chi connectivity index (χ0v) is 13.2. The van der Waals surface area contributed by atoms with Gasteiger partial charge in [0, 0.05) is 17.1 Å². The molecule has 1 heterocycles. The number of aromatic nitrogens is 1. The molecule has 3 rings (SSSR count). The van der Waals surface area contributed by atoms with E-state index in [1.54, 1.807) is 0 Å². The number of para-hydroxylation sites is 1. The minimum atomic E-state index is -0.0322. The highest BCUT2D eigenvalue weighted by atomic mass is 14.7. The molecule has 0 radical (unpaired) electrons. The molecule has 1 aromatic carbocycles. The topological polar surface area (TPSA) is 38.9 Å². The van der Waals surface area contributed by atoms with Gasteiger partial charge in [0.1, 0.15) is 0 Å². The lowest BCUT2D eigenvalue weighted by Gasteiger charge is -2.39. The summed E-state index contributed by atoms with van der Waals surface area (Å²) in [7, 11) is 0. The molecular weight excluding hydrogens is 256 g/mol. The Labute approximate surface area is 127 Å². The monoisotopic (exact) mass is 282 g/mol. The normalized spacial score (nSPS) is 26.4. The molecule has 0 unspecified atom stereocenters. The largest absolute Gasteiger partial charge is 0.325 e. The van der Waals surface area contributed by atoms with Gasteiger partial charge in [-0.25, -0.2) is 0 Å². The van der Waals surface area contributed by atoms with E-state index in [0.29, 0.717) is 0 Å². The molecule has 2 nitrogen and oxygen atoms in total. The first-order valence-electron chi connectivity index (χ1n) is 8.19. The molecule has 0 amide bonds. The van der Waals surface area contributed by atoms with Crippen LogP contribution in [0.15, 0.2) is 36.5 Å². The summed E-state index contributed by atoms with van der Waals surface area (Å²) in [5, 5.41) is 1.26. The van der Waals surface area contributed by atoms with Crippen LogP contribution < -0.4 is 5.73 Å². The first kappa shape index (κ1) is 14.5. The third kappa shape index (κ3) is 3.11. The van der Waals surface area contributed by atoms with Crippen LogP contribution in [0.1, 0.15) is 45.1 Å². The van der Waals surface area contributed by atoms with E-state index in [0.717, 1.165) is 36.6 Å². The lowest BCUT2D eigenvalue weighted by atomic mass is 9.71. The van der Waals surface area contributed by atoms with Crippen molar-refractivity contribution < 1.29 is 0 Å². The number of hydrogen-bond acceptors (Lipinski definition) is 2. The second-order valence-electron chi connectivity index (χ2n) is 7.11.